The van der Waals surface area contributed by atoms with Gasteiger partial charge in [-0.2, -0.15) is 0 Å². The lowest BCUT2D eigenvalue weighted by Crippen LogP contribution is -2.50. The number of piperazine rings is 1. The Morgan fingerprint density at radius 1 is 0.852 bits per heavy atom. The lowest BCUT2D eigenvalue weighted by Gasteiger charge is -2.35. The summed E-state index contributed by atoms with van der Waals surface area (Å²) in [6, 6.07) is 10.8. The van der Waals surface area contributed by atoms with Gasteiger partial charge in [-0.1, -0.05) is 0 Å². The number of carbonyl (C=O) groups is 2. The Bertz CT molecular complexity index is 830. The summed E-state index contributed by atoms with van der Waals surface area (Å²) in [7, 11) is 3.01. The molecule has 0 atom stereocenters. The van der Waals surface area contributed by atoms with E-state index in [1.807, 2.05) is 0 Å². The fourth-order valence-corrected chi connectivity index (χ4v) is 3.05. The number of rotatable bonds is 4. The second-order valence-electron chi connectivity index (χ2n) is 6.16. The highest BCUT2D eigenvalue weighted by Gasteiger charge is 2.27. The van der Waals surface area contributed by atoms with Crippen molar-refractivity contribution in [2.75, 3.05) is 40.4 Å². The lowest BCUT2D eigenvalue weighted by atomic mass is 10.1. The Morgan fingerprint density at radius 2 is 1.44 bits per heavy atom. The molecule has 0 aliphatic carbocycles. The minimum atomic E-state index is -0.493. The van der Waals surface area contributed by atoms with Crippen molar-refractivity contribution in [3.63, 3.8) is 0 Å². The number of amides is 2. The van der Waals surface area contributed by atoms with Gasteiger partial charge in [0.25, 0.3) is 11.8 Å². The van der Waals surface area contributed by atoms with Crippen LogP contribution in [-0.2, 0) is 0 Å². The topological polar surface area (TPSA) is 59.1 Å². The Labute approximate surface area is 157 Å². The van der Waals surface area contributed by atoms with Crippen LogP contribution in [0.4, 0.5) is 4.39 Å². The van der Waals surface area contributed by atoms with Gasteiger partial charge in [-0.15, -0.1) is 0 Å². The van der Waals surface area contributed by atoms with Gasteiger partial charge in [0.1, 0.15) is 17.3 Å². The summed E-state index contributed by atoms with van der Waals surface area (Å²) in [5, 5.41) is 0. The number of carbonyl (C=O) groups excluding carboxylic acids is 2. The molecule has 0 N–H and O–H groups in total. The van der Waals surface area contributed by atoms with Crippen molar-refractivity contribution in [3.8, 4) is 11.5 Å². The molecule has 7 heteroatoms. The average Bonchev–Trinajstić information content (AvgIpc) is 2.73. The zero-order valence-electron chi connectivity index (χ0n) is 15.3. The molecule has 0 unspecified atom stereocenters. The van der Waals surface area contributed by atoms with E-state index in [0.29, 0.717) is 43.2 Å². The monoisotopic (exact) mass is 372 g/mol. The Kier molecular flexibility index (Phi) is 5.59. The first-order valence-electron chi connectivity index (χ1n) is 8.59. The number of methoxy groups -OCH3 is 2. The van der Waals surface area contributed by atoms with Crippen LogP contribution in [0.5, 0.6) is 11.5 Å². The van der Waals surface area contributed by atoms with Gasteiger partial charge in [0.05, 0.1) is 19.8 Å². The van der Waals surface area contributed by atoms with Crippen LogP contribution in [0.25, 0.3) is 0 Å². The van der Waals surface area contributed by atoms with Crippen LogP contribution in [0.2, 0.25) is 0 Å². The number of ether oxygens (including phenoxy) is 2. The van der Waals surface area contributed by atoms with Crippen molar-refractivity contribution in [3.05, 3.63) is 59.4 Å². The van der Waals surface area contributed by atoms with Crippen molar-refractivity contribution in [1.29, 1.82) is 0 Å². The molecule has 2 aromatic carbocycles. The third-order valence-corrected chi connectivity index (χ3v) is 4.58. The van der Waals surface area contributed by atoms with Crippen molar-refractivity contribution in [1.82, 2.24) is 9.80 Å². The fourth-order valence-electron chi connectivity index (χ4n) is 3.05. The molecule has 0 bridgehead atoms. The summed E-state index contributed by atoms with van der Waals surface area (Å²) in [6.07, 6.45) is 0. The molecule has 6 nitrogen and oxygen atoms in total. The van der Waals surface area contributed by atoms with Gasteiger partial charge in [0.15, 0.2) is 0 Å². The first kappa shape index (κ1) is 18.7. The van der Waals surface area contributed by atoms with Crippen LogP contribution in [0.1, 0.15) is 20.7 Å². The van der Waals surface area contributed by atoms with Gasteiger partial charge in [-0.05, 0) is 42.5 Å². The molecule has 27 heavy (non-hydrogen) atoms. The number of hydrogen-bond donors (Lipinski definition) is 0. The van der Waals surface area contributed by atoms with E-state index in [0.717, 1.165) is 0 Å². The second kappa shape index (κ2) is 8.07. The standard InChI is InChI=1S/C20H21FN2O4/c1-26-16-6-3-14(4-7-16)19(24)22-9-11-23(12-10-22)20(25)17-13-15(21)5-8-18(17)27-2/h3-8,13H,9-12H2,1-2H3. The zero-order chi connectivity index (χ0) is 19.4. The van der Waals surface area contributed by atoms with Gasteiger partial charge in [0.2, 0.25) is 0 Å². The first-order valence-corrected chi connectivity index (χ1v) is 8.59. The maximum atomic E-state index is 13.5. The normalized spacial score (nSPS) is 14.0. The molecule has 0 aromatic heterocycles. The minimum Gasteiger partial charge on any atom is -0.497 e. The van der Waals surface area contributed by atoms with Crippen LogP contribution in [0.3, 0.4) is 0 Å². The molecular formula is C20H21FN2O4. The summed E-state index contributed by atoms with van der Waals surface area (Å²) in [5.74, 6) is 0.132. The summed E-state index contributed by atoms with van der Waals surface area (Å²) in [6.45, 7) is 1.57. The molecule has 0 radical (unpaired) electrons. The molecule has 1 heterocycles. The molecule has 0 spiro atoms. The Morgan fingerprint density at radius 3 is 2.00 bits per heavy atom. The molecule has 1 aliphatic heterocycles. The van der Waals surface area contributed by atoms with Crippen LogP contribution < -0.4 is 9.47 Å². The smallest absolute Gasteiger partial charge is 0.257 e. The highest BCUT2D eigenvalue weighted by Crippen LogP contribution is 2.22. The van der Waals surface area contributed by atoms with E-state index in [4.69, 9.17) is 9.47 Å². The maximum Gasteiger partial charge on any atom is 0.257 e. The second-order valence-corrected chi connectivity index (χ2v) is 6.16. The van der Waals surface area contributed by atoms with E-state index < -0.39 is 5.82 Å². The number of benzene rings is 2. The van der Waals surface area contributed by atoms with E-state index in [-0.39, 0.29) is 17.4 Å². The van der Waals surface area contributed by atoms with E-state index in [1.54, 1.807) is 41.2 Å². The highest BCUT2D eigenvalue weighted by atomic mass is 19.1. The van der Waals surface area contributed by atoms with E-state index in [1.165, 1.54) is 25.3 Å². The molecule has 1 fully saturated rings. The predicted molar refractivity (Wildman–Crippen MR) is 97.8 cm³/mol. The SMILES string of the molecule is COc1ccc(C(=O)N2CCN(C(=O)c3cc(F)ccc3OC)CC2)cc1. The van der Waals surface area contributed by atoms with E-state index in [2.05, 4.69) is 0 Å². The van der Waals surface area contributed by atoms with Gasteiger partial charge >= 0.3 is 0 Å². The lowest BCUT2D eigenvalue weighted by molar-refractivity contribution is 0.0533. The zero-order valence-corrected chi connectivity index (χ0v) is 15.3. The van der Waals surface area contributed by atoms with E-state index >= 15 is 0 Å². The van der Waals surface area contributed by atoms with Crippen LogP contribution >= 0.6 is 0 Å². The van der Waals surface area contributed by atoms with Crippen LogP contribution in [-0.4, -0.2) is 62.0 Å². The molecule has 2 aromatic rings. The summed E-state index contributed by atoms with van der Waals surface area (Å²) >= 11 is 0. The van der Waals surface area contributed by atoms with Gasteiger partial charge in [-0.3, -0.25) is 9.59 Å². The molecule has 1 saturated heterocycles. The molecular weight excluding hydrogens is 351 g/mol. The van der Waals surface area contributed by atoms with Gasteiger partial charge in [0, 0.05) is 31.7 Å². The average molecular weight is 372 g/mol. The molecule has 3 rings (SSSR count). The number of nitrogens with zero attached hydrogens (tertiary/aromatic N) is 2. The van der Waals surface area contributed by atoms with Crippen molar-refractivity contribution >= 4 is 11.8 Å². The predicted octanol–water partition coefficient (Wildman–Crippen LogP) is 2.44. The fraction of sp³-hybridized carbons (Fsp3) is 0.300. The Balaban J connectivity index is 1.65. The quantitative estimate of drug-likeness (QED) is 0.827. The van der Waals surface area contributed by atoms with Crippen LogP contribution in [0.15, 0.2) is 42.5 Å². The molecule has 0 saturated carbocycles. The van der Waals surface area contributed by atoms with Crippen molar-refractivity contribution in [2.45, 2.75) is 0 Å². The van der Waals surface area contributed by atoms with Crippen LogP contribution in [0, 0.1) is 5.82 Å². The summed E-state index contributed by atoms with van der Waals surface area (Å²) < 4.78 is 23.8. The van der Waals surface area contributed by atoms with Crippen molar-refractivity contribution < 1.29 is 23.5 Å². The number of hydrogen-bond acceptors (Lipinski definition) is 4. The third kappa shape index (κ3) is 4.02. The number of halogens is 1. The largest absolute Gasteiger partial charge is 0.497 e. The van der Waals surface area contributed by atoms with Gasteiger partial charge < -0.3 is 19.3 Å². The molecule has 2 amide bonds. The van der Waals surface area contributed by atoms with Gasteiger partial charge in [-0.25, -0.2) is 4.39 Å². The van der Waals surface area contributed by atoms with E-state index in [9.17, 15) is 14.0 Å². The minimum absolute atomic E-state index is 0.0897. The summed E-state index contributed by atoms with van der Waals surface area (Å²) in [5.41, 5.74) is 0.759. The van der Waals surface area contributed by atoms with Crippen molar-refractivity contribution in [2.24, 2.45) is 0 Å². The molecule has 1 aliphatic rings. The highest BCUT2D eigenvalue weighted by molar-refractivity contribution is 5.97. The molecule has 142 valence electrons. The summed E-state index contributed by atoms with van der Waals surface area (Å²) in [4.78, 5) is 28.6. The maximum absolute atomic E-state index is 13.5. The Hall–Kier alpha value is -3.09. The first-order chi connectivity index (χ1) is 13.0. The third-order valence-electron chi connectivity index (χ3n) is 4.58.